The van der Waals surface area contributed by atoms with Crippen LogP contribution in [0, 0.1) is 0 Å². The molecule has 0 saturated carbocycles. The number of nitrogen functional groups attached to an aromatic ring is 1. The molecule has 2 aromatic rings. The van der Waals surface area contributed by atoms with Crippen LogP contribution in [0.3, 0.4) is 0 Å². The van der Waals surface area contributed by atoms with Crippen LogP contribution < -0.4 is 5.73 Å². The minimum absolute atomic E-state index is 0.279. The molecule has 0 aliphatic carbocycles. The number of aromatic nitrogens is 4. The van der Waals surface area contributed by atoms with Gasteiger partial charge in [-0.3, -0.25) is 4.98 Å². The van der Waals surface area contributed by atoms with E-state index in [-0.39, 0.29) is 5.95 Å². The lowest BCUT2D eigenvalue weighted by Crippen LogP contribution is -1.94. The summed E-state index contributed by atoms with van der Waals surface area (Å²) in [7, 11) is 1.80. The van der Waals surface area contributed by atoms with E-state index in [0.717, 1.165) is 11.4 Å². The van der Waals surface area contributed by atoms with Crippen LogP contribution in [0.1, 0.15) is 0 Å². The minimum Gasteiger partial charge on any atom is -0.366 e. The molecule has 0 atom stereocenters. The van der Waals surface area contributed by atoms with Gasteiger partial charge in [-0.1, -0.05) is 0 Å². The molecule has 0 spiro atoms. The molecule has 5 heteroatoms. The quantitative estimate of drug-likeness (QED) is 0.683. The van der Waals surface area contributed by atoms with Crippen LogP contribution in [0.4, 0.5) is 5.95 Å². The van der Waals surface area contributed by atoms with Crippen molar-refractivity contribution < 1.29 is 0 Å². The van der Waals surface area contributed by atoms with Gasteiger partial charge in [-0.25, -0.2) is 4.68 Å². The summed E-state index contributed by atoms with van der Waals surface area (Å²) in [6.07, 6.45) is 3.44. The maximum absolute atomic E-state index is 5.45. The zero-order valence-corrected chi connectivity index (χ0v) is 7.18. The molecule has 0 radical (unpaired) electrons. The number of aryl methyl sites for hydroxylation is 1. The van der Waals surface area contributed by atoms with Crippen molar-refractivity contribution in [2.24, 2.45) is 7.05 Å². The highest BCUT2D eigenvalue weighted by Crippen LogP contribution is 2.14. The second kappa shape index (κ2) is 2.85. The number of pyridine rings is 1. The van der Waals surface area contributed by atoms with Crippen LogP contribution >= 0.6 is 0 Å². The highest BCUT2D eigenvalue weighted by molar-refractivity contribution is 5.54. The average molecular weight is 175 g/mol. The Morgan fingerprint density at radius 3 is 2.85 bits per heavy atom. The van der Waals surface area contributed by atoms with Gasteiger partial charge in [0.2, 0.25) is 5.95 Å². The molecule has 0 fully saturated rings. The summed E-state index contributed by atoms with van der Waals surface area (Å²) < 4.78 is 1.63. The highest BCUT2D eigenvalue weighted by atomic mass is 15.4. The van der Waals surface area contributed by atoms with E-state index in [2.05, 4.69) is 15.1 Å². The van der Waals surface area contributed by atoms with Gasteiger partial charge in [0.25, 0.3) is 0 Å². The summed E-state index contributed by atoms with van der Waals surface area (Å²) in [5.41, 5.74) is 6.36. The summed E-state index contributed by atoms with van der Waals surface area (Å²) in [6, 6.07) is 3.76. The molecule has 0 unspecified atom stereocenters. The van der Waals surface area contributed by atoms with Gasteiger partial charge in [0, 0.05) is 25.0 Å². The van der Waals surface area contributed by atoms with Gasteiger partial charge < -0.3 is 5.73 Å². The fourth-order valence-corrected chi connectivity index (χ4v) is 1.15. The van der Waals surface area contributed by atoms with Gasteiger partial charge in [-0.2, -0.15) is 4.98 Å². The third-order valence-corrected chi connectivity index (χ3v) is 1.70. The molecule has 0 bridgehead atoms. The topological polar surface area (TPSA) is 69.6 Å². The molecule has 13 heavy (non-hydrogen) atoms. The summed E-state index contributed by atoms with van der Waals surface area (Å²) in [5.74, 6) is 1.01. The first-order valence-corrected chi connectivity index (χ1v) is 3.84. The Bertz CT molecular complexity index is 406. The largest absolute Gasteiger partial charge is 0.366 e. The van der Waals surface area contributed by atoms with E-state index in [1.165, 1.54) is 0 Å². The SMILES string of the molecule is Cn1nc(N)nc1-c1cccnc1. The molecule has 0 amide bonds. The molecule has 0 aliphatic rings. The van der Waals surface area contributed by atoms with E-state index in [1.54, 1.807) is 24.1 Å². The maximum atomic E-state index is 5.45. The van der Waals surface area contributed by atoms with Crippen molar-refractivity contribution in [3.63, 3.8) is 0 Å². The van der Waals surface area contributed by atoms with Gasteiger partial charge in [-0.05, 0) is 12.1 Å². The van der Waals surface area contributed by atoms with Crippen molar-refractivity contribution in [2.75, 3.05) is 5.73 Å². The third kappa shape index (κ3) is 1.35. The van der Waals surface area contributed by atoms with Crippen molar-refractivity contribution in [3.8, 4) is 11.4 Å². The van der Waals surface area contributed by atoms with Gasteiger partial charge >= 0.3 is 0 Å². The van der Waals surface area contributed by atoms with Gasteiger partial charge in [-0.15, -0.1) is 5.10 Å². The van der Waals surface area contributed by atoms with E-state index in [4.69, 9.17) is 5.73 Å². The Morgan fingerprint density at radius 1 is 1.46 bits per heavy atom. The smallest absolute Gasteiger partial charge is 0.240 e. The summed E-state index contributed by atoms with van der Waals surface area (Å²) in [6.45, 7) is 0. The van der Waals surface area contributed by atoms with Crippen molar-refractivity contribution in [1.82, 2.24) is 19.7 Å². The van der Waals surface area contributed by atoms with Crippen molar-refractivity contribution in [3.05, 3.63) is 24.5 Å². The van der Waals surface area contributed by atoms with E-state index < -0.39 is 0 Å². The first-order chi connectivity index (χ1) is 6.27. The predicted octanol–water partition coefficient (Wildman–Crippen LogP) is 0.459. The maximum Gasteiger partial charge on any atom is 0.240 e. The molecule has 2 N–H and O–H groups in total. The van der Waals surface area contributed by atoms with E-state index in [1.807, 2.05) is 12.1 Å². The molecular weight excluding hydrogens is 166 g/mol. The van der Waals surface area contributed by atoms with E-state index >= 15 is 0 Å². The van der Waals surface area contributed by atoms with E-state index in [9.17, 15) is 0 Å². The molecule has 2 rings (SSSR count). The van der Waals surface area contributed by atoms with Crippen LogP contribution in [0.2, 0.25) is 0 Å². The Morgan fingerprint density at radius 2 is 2.31 bits per heavy atom. The number of hydrogen-bond acceptors (Lipinski definition) is 4. The third-order valence-electron chi connectivity index (χ3n) is 1.70. The first kappa shape index (κ1) is 7.72. The summed E-state index contributed by atoms with van der Waals surface area (Å²) >= 11 is 0. The zero-order chi connectivity index (χ0) is 9.26. The molecule has 0 aliphatic heterocycles. The highest BCUT2D eigenvalue weighted by Gasteiger charge is 2.05. The lowest BCUT2D eigenvalue weighted by molar-refractivity contribution is 0.778. The molecule has 2 aromatic heterocycles. The summed E-state index contributed by atoms with van der Waals surface area (Å²) in [4.78, 5) is 8.06. The Balaban J connectivity index is 2.53. The van der Waals surface area contributed by atoms with Crippen LogP contribution in [0.25, 0.3) is 11.4 Å². The van der Waals surface area contributed by atoms with Crippen molar-refractivity contribution in [1.29, 1.82) is 0 Å². The fraction of sp³-hybridized carbons (Fsp3) is 0.125. The number of rotatable bonds is 1. The standard InChI is InChI=1S/C8H9N5/c1-13-7(11-8(9)12-13)6-3-2-4-10-5-6/h2-5H,1H3,(H2,9,12). The van der Waals surface area contributed by atoms with E-state index in [0.29, 0.717) is 0 Å². The number of anilines is 1. The fourth-order valence-electron chi connectivity index (χ4n) is 1.15. The van der Waals surface area contributed by atoms with Crippen LogP contribution in [-0.2, 0) is 7.05 Å². The average Bonchev–Trinajstić information content (AvgIpc) is 2.47. The Hall–Kier alpha value is -1.91. The molecule has 0 saturated heterocycles. The van der Waals surface area contributed by atoms with Gasteiger partial charge in [0.15, 0.2) is 5.82 Å². The Kier molecular flexibility index (Phi) is 1.70. The zero-order valence-electron chi connectivity index (χ0n) is 7.18. The molecule has 0 aromatic carbocycles. The van der Waals surface area contributed by atoms with Gasteiger partial charge in [0.05, 0.1) is 0 Å². The predicted molar refractivity (Wildman–Crippen MR) is 48.6 cm³/mol. The first-order valence-electron chi connectivity index (χ1n) is 3.84. The van der Waals surface area contributed by atoms with Crippen molar-refractivity contribution in [2.45, 2.75) is 0 Å². The van der Waals surface area contributed by atoms with Gasteiger partial charge in [0.1, 0.15) is 0 Å². The van der Waals surface area contributed by atoms with Crippen LogP contribution in [0.15, 0.2) is 24.5 Å². The molecular formula is C8H9N5. The monoisotopic (exact) mass is 175 g/mol. The lowest BCUT2D eigenvalue weighted by atomic mass is 10.3. The lowest BCUT2D eigenvalue weighted by Gasteiger charge is -1.96. The molecule has 2 heterocycles. The number of nitrogens with zero attached hydrogens (tertiary/aromatic N) is 4. The minimum atomic E-state index is 0.279. The molecule has 66 valence electrons. The normalized spacial score (nSPS) is 10.2. The summed E-state index contributed by atoms with van der Waals surface area (Å²) in [5, 5.41) is 3.94. The Labute approximate surface area is 75.2 Å². The van der Waals surface area contributed by atoms with Crippen molar-refractivity contribution >= 4 is 5.95 Å². The second-order valence-corrected chi connectivity index (χ2v) is 2.66. The second-order valence-electron chi connectivity index (χ2n) is 2.66. The van der Waals surface area contributed by atoms with Crippen LogP contribution in [-0.4, -0.2) is 19.7 Å². The van der Waals surface area contributed by atoms with Crippen LogP contribution in [0.5, 0.6) is 0 Å². The number of nitrogens with two attached hydrogens (primary N) is 1. The number of hydrogen-bond donors (Lipinski definition) is 1. The molecule has 5 nitrogen and oxygen atoms in total.